The van der Waals surface area contributed by atoms with Gasteiger partial charge in [-0.25, -0.2) is 4.98 Å². The van der Waals surface area contributed by atoms with E-state index < -0.39 is 0 Å². The standard InChI is InChI=1S/C18H17N3O2/c22-11-12-7-8-21-10-16(20-17(21)9-12)13-3-5-15(6-4-13)19-18(23)14-1-2-14/h3-10,14,22H,1-2,11H2,(H,19,23). The van der Waals surface area contributed by atoms with Crippen molar-refractivity contribution in [3.8, 4) is 11.3 Å². The van der Waals surface area contributed by atoms with Gasteiger partial charge in [0.1, 0.15) is 5.65 Å². The van der Waals surface area contributed by atoms with Gasteiger partial charge in [0.15, 0.2) is 0 Å². The molecule has 2 aromatic heterocycles. The van der Waals surface area contributed by atoms with Crippen molar-refractivity contribution in [1.29, 1.82) is 0 Å². The quantitative estimate of drug-likeness (QED) is 0.779. The topological polar surface area (TPSA) is 66.6 Å². The smallest absolute Gasteiger partial charge is 0.227 e. The number of aliphatic hydroxyl groups excluding tert-OH is 1. The van der Waals surface area contributed by atoms with Gasteiger partial charge in [-0.05, 0) is 42.7 Å². The molecule has 1 aliphatic carbocycles. The summed E-state index contributed by atoms with van der Waals surface area (Å²) >= 11 is 0. The highest BCUT2D eigenvalue weighted by Crippen LogP contribution is 2.30. The molecule has 0 unspecified atom stereocenters. The summed E-state index contributed by atoms with van der Waals surface area (Å²) in [6, 6.07) is 11.5. The number of carbonyl (C=O) groups excluding carboxylic acids is 1. The van der Waals surface area contributed by atoms with E-state index in [4.69, 9.17) is 0 Å². The van der Waals surface area contributed by atoms with Crippen LogP contribution in [0.1, 0.15) is 18.4 Å². The number of nitrogens with one attached hydrogen (secondary N) is 1. The van der Waals surface area contributed by atoms with Crippen LogP contribution in [0.4, 0.5) is 5.69 Å². The summed E-state index contributed by atoms with van der Waals surface area (Å²) in [6.07, 6.45) is 5.85. The minimum atomic E-state index is 0.00802. The maximum absolute atomic E-state index is 11.8. The number of rotatable bonds is 4. The van der Waals surface area contributed by atoms with Crippen molar-refractivity contribution in [2.75, 3.05) is 5.32 Å². The Labute approximate surface area is 133 Å². The number of fused-ring (bicyclic) bond motifs is 1. The summed E-state index contributed by atoms with van der Waals surface area (Å²) in [5, 5.41) is 12.1. The van der Waals surface area contributed by atoms with Crippen LogP contribution in [0.2, 0.25) is 0 Å². The van der Waals surface area contributed by atoms with E-state index in [0.717, 1.165) is 41.0 Å². The minimum Gasteiger partial charge on any atom is -0.392 e. The maximum atomic E-state index is 11.8. The van der Waals surface area contributed by atoms with Crippen LogP contribution >= 0.6 is 0 Å². The van der Waals surface area contributed by atoms with Crippen molar-refractivity contribution in [2.24, 2.45) is 5.92 Å². The summed E-state index contributed by atoms with van der Waals surface area (Å²) < 4.78 is 1.93. The van der Waals surface area contributed by atoms with Crippen LogP contribution in [0.3, 0.4) is 0 Å². The SMILES string of the molecule is O=C(Nc1ccc(-c2cn3ccc(CO)cc3n2)cc1)C1CC1. The molecule has 0 aliphatic heterocycles. The number of anilines is 1. The lowest BCUT2D eigenvalue weighted by molar-refractivity contribution is -0.117. The first-order valence-corrected chi connectivity index (χ1v) is 7.73. The van der Waals surface area contributed by atoms with Gasteiger partial charge >= 0.3 is 0 Å². The zero-order valence-electron chi connectivity index (χ0n) is 12.6. The number of aromatic nitrogens is 2. The summed E-state index contributed by atoms with van der Waals surface area (Å²) in [4.78, 5) is 16.3. The fourth-order valence-corrected chi connectivity index (χ4v) is 2.58. The molecule has 1 aliphatic rings. The second kappa shape index (κ2) is 5.52. The molecule has 1 aromatic carbocycles. The van der Waals surface area contributed by atoms with E-state index >= 15 is 0 Å². The molecular formula is C18H17N3O2. The third-order valence-electron chi connectivity index (χ3n) is 4.10. The fourth-order valence-electron chi connectivity index (χ4n) is 2.58. The Kier molecular flexibility index (Phi) is 3.35. The van der Waals surface area contributed by atoms with Crippen molar-refractivity contribution < 1.29 is 9.90 Å². The highest BCUT2D eigenvalue weighted by Gasteiger charge is 2.29. The average molecular weight is 307 g/mol. The van der Waals surface area contributed by atoms with E-state index in [9.17, 15) is 9.90 Å². The Balaban J connectivity index is 1.58. The summed E-state index contributed by atoms with van der Waals surface area (Å²) in [5.74, 6) is 0.316. The van der Waals surface area contributed by atoms with E-state index in [-0.39, 0.29) is 18.4 Å². The van der Waals surface area contributed by atoms with Gasteiger partial charge in [0.2, 0.25) is 5.91 Å². The summed E-state index contributed by atoms with van der Waals surface area (Å²) in [5.41, 5.74) is 4.31. The largest absolute Gasteiger partial charge is 0.392 e. The second-order valence-electron chi connectivity index (χ2n) is 5.93. The second-order valence-corrected chi connectivity index (χ2v) is 5.93. The minimum absolute atomic E-state index is 0.00802. The average Bonchev–Trinajstić information content (AvgIpc) is 3.34. The monoisotopic (exact) mass is 307 g/mol. The third-order valence-corrected chi connectivity index (χ3v) is 4.10. The maximum Gasteiger partial charge on any atom is 0.227 e. The number of hydrogen-bond acceptors (Lipinski definition) is 3. The van der Waals surface area contributed by atoms with E-state index in [1.807, 2.05) is 53.2 Å². The number of nitrogens with zero attached hydrogens (tertiary/aromatic N) is 2. The fraction of sp³-hybridized carbons (Fsp3) is 0.222. The normalized spacial score (nSPS) is 14.1. The number of imidazole rings is 1. The lowest BCUT2D eigenvalue weighted by atomic mass is 10.1. The summed E-state index contributed by atoms with van der Waals surface area (Å²) in [7, 11) is 0. The molecule has 4 rings (SSSR count). The molecule has 1 saturated carbocycles. The molecule has 2 N–H and O–H groups in total. The Bertz CT molecular complexity index is 864. The number of benzene rings is 1. The molecule has 116 valence electrons. The zero-order valence-corrected chi connectivity index (χ0v) is 12.6. The third kappa shape index (κ3) is 2.83. The molecule has 0 atom stereocenters. The summed E-state index contributed by atoms with van der Waals surface area (Å²) in [6.45, 7) is 0.00802. The van der Waals surface area contributed by atoms with Gasteiger partial charge in [0.25, 0.3) is 0 Å². The molecule has 5 nitrogen and oxygen atoms in total. The van der Waals surface area contributed by atoms with Crippen LogP contribution in [0.5, 0.6) is 0 Å². The number of hydrogen-bond donors (Lipinski definition) is 2. The van der Waals surface area contributed by atoms with Crippen molar-refractivity contribution in [3.63, 3.8) is 0 Å². The zero-order chi connectivity index (χ0) is 15.8. The van der Waals surface area contributed by atoms with Crippen LogP contribution in [-0.4, -0.2) is 20.4 Å². The number of amides is 1. The highest BCUT2D eigenvalue weighted by atomic mass is 16.3. The first-order valence-electron chi connectivity index (χ1n) is 7.73. The molecule has 1 amide bonds. The van der Waals surface area contributed by atoms with Crippen molar-refractivity contribution in [1.82, 2.24) is 9.38 Å². The molecule has 0 bridgehead atoms. The lowest BCUT2D eigenvalue weighted by Gasteiger charge is -2.04. The van der Waals surface area contributed by atoms with Crippen LogP contribution in [-0.2, 0) is 11.4 Å². The van der Waals surface area contributed by atoms with Crippen molar-refractivity contribution >= 4 is 17.2 Å². The molecule has 5 heteroatoms. The Morgan fingerprint density at radius 3 is 2.74 bits per heavy atom. The first kappa shape index (κ1) is 14.0. The first-order chi connectivity index (χ1) is 11.2. The number of aliphatic hydroxyl groups is 1. The predicted molar refractivity (Wildman–Crippen MR) is 87.9 cm³/mol. The van der Waals surface area contributed by atoms with Gasteiger partial charge in [0.05, 0.1) is 12.3 Å². The van der Waals surface area contributed by atoms with Crippen LogP contribution in [0.15, 0.2) is 48.8 Å². The van der Waals surface area contributed by atoms with E-state index in [1.165, 1.54) is 0 Å². The van der Waals surface area contributed by atoms with Crippen molar-refractivity contribution in [3.05, 3.63) is 54.4 Å². The van der Waals surface area contributed by atoms with Crippen LogP contribution in [0, 0.1) is 5.92 Å². The van der Waals surface area contributed by atoms with Gasteiger partial charge in [0, 0.05) is 29.6 Å². The van der Waals surface area contributed by atoms with E-state index in [0.29, 0.717) is 0 Å². The van der Waals surface area contributed by atoms with Gasteiger partial charge in [-0.2, -0.15) is 0 Å². The van der Waals surface area contributed by atoms with Gasteiger partial charge in [-0.3, -0.25) is 4.79 Å². The van der Waals surface area contributed by atoms with Crippen LogP contribution in [0.25, 0.3) is 16.9 Å². The molecule has 2 heterocycles. The van der Waals surface area contributed by atoms with E-state index in [1.54, 1.807) is 0 Å². The van der Waals surface area contributed by atoms with Gasteiger partial charge < -0.3 is 14.8 Å². The molecule has 3 aromatic rings. The van der Waals surface area contributed by atoms with Gasteiger partial charge in [-0.15, -0.1) is 0 Å². The molecular weight excluding hydrogens is 290 g/mol. The predicted octanol–water partition coefficient (Wildman–Crippen LogP) is 2.84. The van der Waals surface area contributed by atoms with Crippen molar-refractivity contribution in [2.45, 2.75) is 19.4 Å². The highest BCUT2D eigenvalue weighted by molar-refractivity contribution is 5.94. The Morgan fingerprint density at radius 1 is 1.26 bits per heavy atom. The molecule has 23 heavy (non-hydrogen) atoms. The van der Waals surface area contributed by atoms with Crippen LogP contribution < -0.4 is 5.32 Å². The Hall–Kier alpha value is -2.66. The van der Waals surface area contributed by atoms with E-state index in [2.05, 4.69) is 10.3 Å². The molecule has 0 saturated heterocycles. The molecule has 1 fully saturated rings. The number of pyridine rings is 1. The molecule has 0 spiro atoms. The molecule has 0 radical (unpaired) electrons. The Morgan fingerprint density at radius 2 is 2.04 bits per heavy atom. The lowest BCUT2D eigenvalue weighted by Crippen LogP contribution is -2.12. The van der Waals surface area contributed by atoms with Gasteiger partial charge in [-0.1, -0.05) is 12.1 Å². The number of carbonyl (C=O) groups is 1.